The van der Waals surface area contributed by atoms with Crippen LogP contribution in [0.4, 0.5) is 48.6 Å². The van der Waals surface area contributed by atoms with E-state index < -0.39 is 11.6 Å². The molecule has 12 aromatic rings. The van der Waals surface area contributed by atoms with Crippen LogP contribution in [-0.2, 0) is 0 Å². The van der Waals surface area contributed by atoms with Crippen LogP contribution in [-0.4, -0.2) is 0 Å². The number of nitrogens with zero attached hydrogens (tertiary/aromatic N) is 6. The Morgan fingerprint density at radius 1 is 0.355 bits per heavy atom. The van der Waals surface area contributed by atoms with Crippen molar-refractivity contribution in [1.29, 1.82) is 15.8 Å². The Balaban J connectivity index is 1.08. The molecule has 0 aliphatic heterocycles. The number of rotatable bonds is 10. The van der Waals surface area contributed by atoms with Crippen LogP contribution in [0, 0.1) is 52.2 Å². The van der Waals surface area contributed by atoms with Crippen molar-refractivity contribution in [2.45, 2.75) is 0 Å². The molecular weight excluding hydrogens is 939 g/mol. The Morgan fingerprint density at radius 3 is 1.03 bits per heavy atom. The molecule has 0 N–H and O–H groups in total. The van der Waals surface area contributed by atoms with E-state index in [1.165, 1.54) is 0 Å². The zero-order valence-corrected chi connectivity index (χ0v) is 40.4. The highest BCUT2D eigenvalue weighted by Gasteiger charge is 2.27. The van der Waals surface area contributed by atoms with E-state index in [0.717, 1.165) is 88.4 Å². The first kappa shape index (κ1) is 46.2. The lowest BCUT2D eigenvalue weighted by Gasteiger charge is -2.30. The molecule has 76 heavy (non-hydrogen) atoms. The van der Waals surface area contributed by atoms with Gasteiger partial charge < -0.3 is 9.80 Å². The fourth-order valence-electron chi connectivity index (χ4n) is 10.4. The minimum absolute atomic E-state index is 0.299. The SMILES string of the molecule is [C-]#[N+]c1ccc(-c2cc(N(c3ccccc3)c3ccc4ccc5c(N(c6ccccc6)c6cc(-c7ccc(C#N)cc7)c(-c7ccc(C#N)cc7)cc6F)ccc6ccc3c4c65)c(F)cc2-c2ccc(C#N)cc2)cc1. The molecule has 0 amide bonds. The van der Waals surface area contributed by atoms with E-state index in [4.69, 9.17) is 6.57 Å². The Morgan fingerprint density at radius 2 is 0.684 bits per heavy atom. The number of para-hydroxylation sites is 2. The number of hydrogen-bond donors (Lipinski definition) is 0. The van der Waals surface area contributed by atoms with Crippen LogP contribution in [0.25, 0.3) is 81.7 Å². The van der Waals surface area contributed by atoms with Crippen LogP contribution in [0.3, 0.4) is 0 Å². The summed E-state index contributed by atoms with van der Waals surface area (Å²) in [6.07, 6.45) is 0. The largest absolute Gasteiger partial charge is 0.307 e. The molecule has 354 valence electrons. The molecule has 0 unspecified atom stereocenters. The summed E-state index contributed by atoms with van der Waals surface area (Å²) in [5, 5.41) is 34.4. The van der Waals surface area contributed by atoms with E-state index in [-0.39, 0.29) is 0 Å². The molecule has 0 heterocycles. The van der Waals surface area contributed by atoms with E-state index in [1.54, 1.807) is 60.7 Å². The smallest absolute Gasteiger partial charge is 0.187 e. The van der Waals surface area contributed by atoms with E-state index in [9.17, 15) is 15.8 Å². The van der Waals surface area contributed by atoms with Gasteiger partial charge in [-0.1, -0.05) is 133 Å². The Bertz CT molecular complexity index is 4090. The summed E-state index contributed by atoms with van der Waals surface area (Å²) in [6.45, 7) is 7.61. The molecular formula is C68H38F2N6. The maximum absolute atomic E-state index is 17.5. The third kappa shape index (κ3) is 8.12. The van der Waals surface area contributed by atoms with Crippen molar-refractivity contribution < 1.29 is 8.78 Å². The monoisotopic (exact) mass is 976 g/mol. The fraction of sp³-hybridized carbons (Fsp3) is 0. The molecule has 0 aromatic heterocycles. The number of anilines is 6. The zero-order valence-electron chi connectivity index (χ0n) is 40.4. The standard InChI is InChI=1S/C68H38F2N6/c1-74-52-30-24-49(25-31-52)60-39-66(62(70)37-58(60)47-20-14-44(41-72)15-21-47)76(54-10-6-3-7-11-54)64-35-29-51-26-32-55-63(34-28-50-27-33-56(64)68(51)67(50)55)75(53-8-4-2-5-9-53)65-38-59(48-22-16-45(42-73)17-23-48)57(36-61(65)69)46-18-12-43(40-71)13-19-46/h2-39H. The lowest BCUT2D eigenvalue weighted by molar-refractivity contribution is 0.629. The summed E-state index contributed by atoms with van der Waals surface area (Å²) >= 11 is 0. The zero-order chi connectivity index (χ0) is 51.9. The van der Waals surface area contributed by atoms with Gasteiger partial charge in [-0.25, -0.2) is 13.6 Å². The topological polar surface area (TPSA) is 82.2 Å². The van der Waals surface area contributed by atoms with Crippen LogP contribution >= 0.6 is 0 Å². The number of hydrogen-bond acceptors (Lipinski definition) is 5. The van der Waals surface area contributed by atoms with Crippen LogP contribution < -0.4 is 9.80 Å². The van der Waals surface area contributed by atoms with Crippen molar-refractivity contribution in [2.24, 2.45) is 0 Å². The molecule has 0 bridgehead atoms. The summed E-state index contributed by atoms with van der Waals surface area (Å²) in [5.41, 5.74) is 11.2. The van der Waals surface area contributed by atoms with Gasteiger partial charge in [0.05, 0.1) is 64.2 Å². The molecule has 0 saturated carbocycles. The Labute approximate surface area is 437 Å². The number of benzene rings is 12. The molecule has 6 nitrogen and oxygen atoms in total. The molecule has 12 rings (SSSR count). The molecule has 0 atom stereocenters. The highest BCUT2D eigenvalue weighted by atomic mass is 19.1. The first-order chi connectivity index (χ1) is 37.3. The van der Waals surface area contributed by atoms with Crippen LogP contribution in [0.15, 0.2) is 231 Å². The van der Waals surface area contributed by atoms with Crippen molar-refractivity contribution in [2.75, 3.05) is 9.80 Å². The quantitative estimate of drug-likeness (QED) is 0.101. The number of nitriles is 3. The lowest BCUT2D eigenvalue weighted by atomic mass is 9.90. The first-order valence-electron chi connectivity index (χ1n) is 24.4. The minimum atomic E-state index is -0.471. The van der Waals surface area contributed by atoms with Crippen LogP contribution in [0.5, 0.6) is 0 Å². The highest BCUT2D eigenvalue weighted by molar-refractivity contribution is 6.28. The van der Waals surface area contributed by atoms with E-state index in [1.807, 2.05) is 143 Å². The van der Waals surface area contributed by atoms with E-state index >= 15 is 8.78 Å². The van der Waals surface area contributed by atoms with Gasteiger partial charge in [0, 0.05) is 22.1 Å². The van der Waals surface area contributed by atoms with Crippen LogP contribution in [0.1, 0.15) is 16.7 Å². The van der Waals surface area contributed by atoms with Gasteiger partial charge >= 0.3 is 0 Å². The average molecular weight is 977 g/mol. The predicted octanol–water partition coefficient (Wildman–Crippen LogP) is 18.6. The molecule has 0 saturated heterocycles. The third-order valence-electron chi connectivity index (χ3n) is 14.1. The molecule has 0 fully saturated rings. The Hall–Kier alpha value is -10.9. The van der Waals surface area contributed by atoms with Gasteiger partial charge in [0.2, 0.25) is 0 Å². The Kier molecular flexibility index (Phi) is 11.7. The van der Waals surface area contributed by atoms with Gasteiger partial charge in [0.15, 0.2) is 5.69 Å². The summed E-state index contributed by atoms with van der Waals surface area (Å²) in [7, 11) is 0. The summed E-state index contributed by atoms with van der Waals surface area (Å²) in [5.74, 6) is -0.940. The van der Waals surface area contributed by atoms with Crippen molar-refractivity contribution >= 4 is 72.1 Å². The van der Waals surface area contributed by atoms with E-state index in [2.05, 4.69) is 59.5 Å². The molecule has 8 heteroatoms. The van der Waals surface area contributed by atoms with Gasteiger partial charge in [0.25, 0.3) is 0 Å². The average Bonchev–Trinajstić information content (AvgIpc) is 3.51. The van der Waals surface area contributed by atoms with Gasteiger partial charge in [0.1, 0.15) is 11.6 Å². The van der Waals surface area contributed by atoms with Gasteiger partial charge in [-0.3, -0.25) is 0 Å². The normalized spacial score (nSPS) is 11.0. The molecule has 12 aromatic carbocycles. The summed E-state index contributed by atoms with van der Waals surface area (Å²) in [6, 6.07) is 77.9. The second-order valence-corrected chi connectivity index (χ2v) is 18.4. The molecule has 0 radical (unpaired) electrons. The fourth-order valence-corrected chi connectivity index (χ4v) is 10.4. The molecule has 0 aliphatic rings. The minimum Gasteiger partial charge on any atom is -0.307 e. The highest BCUT2D eigenvalue weighted by Crippen LogP contribution is 2.50. The second-order valence-electron chi connectivity index (χ2n) is 18.4. The second kappa shape index (κ2) is 19.3. The van der Waals surface area contributed by atoms with Gasteiger partial charge in [-0.2, -0.15) is 15.8 Å². The van der Waals surface area contributed by atoms with E-state index in [0.29, 0.717) is 44.9 Å². The van der Waals surface area contributed by atoms with Crippen molar-refractivity contribution in [3.63, 3.8) is 0 Å². The maximum atomic E-state index is 17.5. The third-order valence-corrected chi connectivity index (χ3v) is 14.1. The van der Waals surface area contributed by atoms with Crippen LogP contribution in [0.2, 0.25) is 0 Å². The van der Waals surface area contributed by atoms with Crippen molar-refractivity contribution in [3.8, 4) is 62.7 Å². The molecule has 0 spiro atoms. The van der Waals surface area contributed by atoms with Crippen molar-refractivity contribution in [3.05, 3.63) is 270 Å². The molecule has 0 aliphatic carbocycles. The summed E-state index contributed by atoms with van der Waals surface area (Å²) in [4.78, 5) is 7.51. The van der Waals surface area contributed by atoms with Crippen molar-refractivity contribution in [1.82, 2.24) is 0 Å². The number of halogens is 2. The maximum Gasteiger partial charge on any atom is 0.187 e. The summed E-state index contributed by atoms with van der Waals surface area (Å²) < 4.78 is 35.1. The lowest BCUT2D eigenvalue weighted by Crippen LogP contribution is -2.13. The predicted molar refractivity (Wildman–Crippen MR) is 302 cm³/mol. The first-order valence-corrected chi connectivity index (χ1v) is 24.4. The van der Waals surface area contributed by atoms with Gasteiger partial charge in [-0.05, 0) is 163 Å². The van der Waals surface area contributed by atoms with Gasteiger partial charge in [-0.15, -0.1) is 0 Å².